The fourth-order valence-corrected chi connectivity index (χ4v) is 1.96. The Bertz CT molecular complexity index is 777. The van der Waals surface area contributed by atoms with Gasteiger partial charge in [0.15, 0.2) is 0 Å². The number of nitrogens with two attached hydrogens (primary N) is 1. The van der Waals surface area contributed by atoms with Crippen molar-refractivity contribution in [2.75, 3.05) is 17.6 Å². The van der Waals surface area contributed by atoms with E-state index in [4.69, 9.17) is 5.73 Å². The van der Waals surface area contributed by atoms with Gasteiger partial charge < -0.3 is 11.1 Å². The molecule has 20 heavy (non-hydrogen) atoms. The number of aromatic amines is 1. The summed E-state index contributed by atoms with van der Waals surface area (Å²) in [6, 6.07) is 6.94. The van der Waals surface area contributed by atoms with E-state index in [0.717, 1.165) is 0 Å². The molecule has 0 radical (unpaired) electrons. The minimum atomic E-state index is -0.205. The Morgan fingerprint density at radius 3 is 3.10 bits per heavy atom. The smallest absolute Gasteiger partial charge is 0.260 e. The summed E-state index contributed by atoms with van der Waals surface area (Å²) in [6.45, 7) is 1.31. The second-order valence-electron chi connectivity index (χ2n) is 4.39. The second kappa shape index (κ2) is 5.04. The van der Waals surface area contributed by atoms with Gasteiger partial charge in [0.2, 0.25) is 5.95 Å². The predicted molar refractivity (Wildman–Crippen MR) is 77.5 cm³/mol. The van der Waals surface area contributed by atoms with E-state index in [2.05, 4.69) is 20.4 Å². The molecule has 0 aliphatic carbocycles. The standard InChI is InChI=1S/C13H14N6O/c14-9-2-3-11-10(8-9)12(20)18-13(17-11)15-5-7-19-6-1-4-16-19/h1-4,6,8H,5,7,14H2,(H2,15,17,18,20). The third-order valence-corrected chi connectivity index (χ3v) is 2.92. The molecule has 4 N–H and O–H groups in total. The van der Waals surface area contributed by atoms with Crippen LogP contribution < -0.4 is 16.6 Å². The Morgan fingerprint density at radius 2 is 2.30 bits per heavy atom. The van der Waals surface area contributed by atoms with Crippen LogP contribution in [0.3, 0.4) is 0 Å². The van der Waals surface area contributed by atoms with Crippen molar-refractivity contribution in [3.05, 3.63) is 47.0 Å². The zero-order chi connectivity index (χ0) is 13.9. The molecule has 1 aromatic carbocycles. The van der Waals surface area contributed by atoms with E-state index in [1.807, 2.05) is 12.3 Å². The fourth-order valence-electron chi connectivity index (χ4n) is 1.96. The van der Waals surface area contributed by atoms with Gasteiger partial charge in [0.1, 0.15) is 0 Å². The number of fused-ring (bicyclic) bond motifs is 1. The number of benzene rings is 1. The highest BCUT2D eigenvalue weighted by atomic mass is 16.1. The monoisotopic (exact) mass is 270 g/mol. The lowest BCUT2D eigenvalue weighted by Crippen LogP contribution is -2.17. The zero-order valence-electron chi connectivity index (χ0n) is 10.7. The van der Waals surface area contributed by atoms with E-state index in [9.17, 15) is 4.79 Å². The van der Waals surface area contributed by atoms with Crippen molar-refractivity contribution in [1.29, 1.82) is 0 Å². The van der Waals surface area contributed by atoms with Crippen LogP contribution in [0.1, 0.15) is 0 Å². The summed E-state index contributed by atoms with van der Waals surface area (Å²) in [7, 11) is 0. The second-order valence-corrected chi connectivity index (χ2v) is 4.39. The fraction of sp³-hybridized carbons (Fsp3) is 0.154. The molecule has 3 aromatic rings. The SMILES string of the molecule is Nc1ccc2nc(NCCn3cccn3)[nH]c(=O)c2c1. The highest BCUT2D eigenvalue weighted by Crippen LogP contribution is 2.12. The molecule has 7 nitrogen and oxygen atoms in total. The number of anilines is 2. The third-order valence-electron chi connectivity index (χ3n) is 2.92. The highest BCUT2D eigenvalue weighted by Gasteiger charge is 2.03. The van der Waals surface area contributed by atoms with Crippen molar-refractivity contribution < 1.29 is 0 Å². The lowest BCUT2D eigenvalue weighted by atomic mass is 10.2. The molecule has 0 atom stereocenters. The van der Waals surface area contributed by atoms with Gasteiger partial charge in [-0.15, -0.1) is 0 Å². The van der Waals surface area contributed by atoms with Gasteiger partial charge in [0.05, 0.1) is 17.4 Å². The van der Waals surface area contributed by atoms with Crippen molar-refractivity contribution in [2.24, 2.45) is 0 Å². The molecule has 0 spiro atoms. The minimum Gasteiger partial charge on any atom is -0.399 e. The van der Waals surface area contributed by atoms with Gasteiger partial charge in [0, 0.05) is 24.6 Å². The summed E-state index contributed by atoms with van der Waals surface area (Å²) in [5.74, 6) is 0.444. The Labute approximate surface area is 114 Å². The summed E-state index contributed by atoms with van der Waals surface area (Å²) < 4.78 is 1.80. The molecule has 0 bridgehead atoms. The highest BCUT2D eigenvalue weighted by molar-refractivity contribution is 5.81. The number of rotatable bonds is 4. The molecular weight excluding hydrogens is 256 g/mol. The summed E-state index contributed by atoms with van der Waals surface area (Å²) in [5, 5.41) is 7.66. The van der Waals surface area contributed by atoms with E-state index < -0.39 is 0 Å². The van der Waals surface area contributed by atoms with Crippen LogP contribution in [0.25, 0.3) is 10.9 Å². The van der Waals surface area contributed by atoms with Crippen molar-refractivity contribution >= 4 is 22.5 Å². The lowest BCUT2D eigenvalue weighted by Gasteiger charge is -2.06. The molecule has 0 amide bonds. The summed E-state index contributed by atoms with van der Waals surface area (Å²) in [6.07, 6.45) is 3.60. The first-order valence-electron chi connectivity index (χ1n) is 6.23. The first-order chi connectivity index (χ1) is 9.72. The quantitative estimate of drug-likeness (QED) is 0.609. The summed E-state index contributed by atoms with van der Waals surface area (Å²) >= 11 is 0. The van der Waals surface area contributed by atoms with Gasteiger partial charge in [-0.3, -0.25) is 14.5 Å². The Hall–Kier alpha value is -2.83. The van der Waals surface area contributed by atoms with Crippen molar-refractivity contribution in [3.63, 3.8) is 0 Å². The Morgan fingerprint density at radius 1 is 1.40 bits per heavy atom. The molecule has 0 unspecified atom stereocenters. The average molecular weight is 270 g/mol. The van der Waals surface area contributed by atoms with Crippen molar-refractivity contribution in [2.45, 2.75) is 6.54 Å². The van der Waals surface area contributed by atoms with Gasteiger partial charge in [-0.1, -0.05) is 0 Å². The molecule has 2 heterocycles. The summed E-state index contributed by atoms with van der Waals surface area (Å²) in [4.78, 5) is 19.0. The van der Waals surface area contributed by atoms with Crippen molar-refractivity contribution in [3.8, 4) is 0 Å². The largest absolute Gasteiger partial charge is 0.399 e. The molecule has 102 valence electrons. The predicted octanol–water partition coefficient (Wildman–Crippen LogP) is 0.814. The maximum absolute atomic E-state index is 11.9. The molecule has 7 heteroatoms. The van der Waals surface area contributed by atoms with Crippen LogP contribution in [-0.2, 0) is 6.54 Å². The Kier molecular flexibility index (Phi) is 3.08. The van der Waals surface area contributed by atoms with Crippen LogP contribution in [0.2, 0.25) is 0 Å². The molecule has 0 saturated heterocycles. The molecule has 0 aliphatic rings. The maximum Gasteiger partial charge on any atom is 0.260 e. The normalized spacial score (nSPS) is 10.8. The molecule has 0 aliphatic heterocycles. The Balaban J connectivity index is 1.78. The number of hydrogen-bond acceptors (Lipinski definition) is 5. The topological polar surface area (TPSA) is 102 Å². The van der Waals surface area contributed by atoms with E-state index in [0.29, 0.717) is 35.6 Å². The number of nitrogens with zero attached hydrogens (tertiary/aromatic N) is 3. The maximum atomic E-state index is 11.9. The van der Waals surface area contributed by atoms with Gasteiger partial charge in [-0.2, -0.15) is 5.10 Å². The number of nitrogens with one attached hydrogen (secondary N) is 2. The number of hydrogen-bond donors (Lipinski definition) is 3. The van der Waals surface area contributed by atoms with Gasteiger partial charge >= 0.3 is 0 Å². The third kappa shape index (κ3) is 2.46. The van der Waals surface area contributed by atoms with Crippen LogP contribution in [0.15, 0.2) is 41.5 Å². The van der Waals surface area contributed by atoms with Gasteiger partial charge in [0.25, 0.3) is 5.56 Å². The van der Waals surface area contributed by atoms with Gasteiger partial charge in [-0.25, -0.2) is 4.98 Å². The minimum absolute atomic E-state index is 0.205. The molecule has 2 aromatic heterocycles. The average Bonchev–Trinajstić information content (AvgIpc) is 2.93. The van der Waals surface area contributed by atoms with Crippen molar-refractivity contribution in [1.82, 2.24) is 19.7 Å². The molecule has 3 rings (SSSR count). The number of H-pyrrole nitrogens is 1. The first-order valence-corrected chi connectivity index (χ1v) is 6.23. The van der Waals surface area contributed by atoms with E-state index in [-0.39, 0.29) is 5.56 Å². The first kappa shape index (κ1) is 12.2. The molecule has 0 fully saturated rings. The van der Waals surface area contributed by atoms with E-state index in [1.165, 1.54) is 0 Å². The number of aromatic nitrogens is 4. The molecule has 0 saturated carbocycles. The zero-order valence-corrected chi connectivity index (χ0v) is 10.7. The molecular formula is C13H14N6O. The van der Waals surface area contributed by atoms with E-state index in [1.54, 1.807) is 29.1 Å². The van der Waals surface area contributed by atoms with Crippen LogP contribution in [0.4, 0.5) is 11.6 Å². The van der Waals surface area contributed by atoms with Gasteiger partial charge in [-0.05, 0) is 24.3 Å². The lowest BCUT2D eigenvalue weighted by molar-refractivity contribution is 0.636. The van der Waals surface area contributed by atoms with Crippen LogP contribution in [0.5, 0.6) is 0 Å². The van der Waals surface area contributed by atoms with Crippen LogP contribution in [0, 0.1) is 0 Å². The van der Waals surface area contributed by atoms with Crippen LogP contribution >= 0.6 is 0 Å². The van der Waals surface area contributed by atoms with Crippen LogP contribution in [-0.4, -0.2) is 26.3 Å². The summed E-state index contributed by atoms with van der Waals surface area (Å²) in [5.41, 5.74) is 6.62. The number of nitrogen functional groups attached to an aromatic ring is 1. The van der Waals surface area contributed by atoms with E-state index >= 15 is 0 Å².